The Bertz CT molecular complexity index is 1920. The lowest BCUT2D eigenvalue weighted by Gasteiger charge is -2.50. The van der Waals surface area contributed by atoms with Gasteiger partial charge in [-0.2, -0.15) is 0 Å². The first kappa shape index (κ1) is 44.5. The molecule has 12 heteroatoms. The molecule has 3 aliphatic rings. The maximum Gasteiger partial charge on any atom is 0.338 e. The number of hydrogen-bond donors (Lipinski definition) is 0. The third kappa shape index (κ3) is 11.9. The van der Waals surface area contributed by atoms with E-state index < -0.39 is 79.8 Å². The number of hydrogen-bond acceptors (Lipinski definition) is 12. The van der Waals surface area contributed by atoms with Crippen molar-refractivity contribution >= 4 is 5.97 Å². The Morgan fingerprint density at radius 3 is 1.85 bits per heavy atom. The molecule has 12 nitrogen and oxygen atoms in total. The van der Waals surface area contributed by atoms with Gasteiger partial charge in [0.05, 0.1) is 45.7 Å². The summed E-state index contributed by atoms with van der Waals surface area (Å²) in [5, 5.41) is 0. The summed E-state index contributed by atoms with van der Waals surface area (Å²) in [6.07, 6.45) is -6.77. The molecule has 0 unspecified atom stereocenters. The molecule has 4 aromatic carbocycles. The summed E-state index contributed by atoms with van der Waals surface area (Å²) in [6, 6.07) is 38.8. The highest BCUT2D eigenvalue weighted by molar-refractivity contribution is 5.75. The van der Waals surface area contributed by atoms with Crippen molar-refractivity contribution in [2.24, 2.45) is 0 Å². The van der Waals surface area contributed by atoms with Crippen LogP contribution in [0.1, 0.15) is 48.7 Å². The van der Waals surface area contributed by atoms with E-state index in [0.717, 1.165) is 22.3 Å². The second kappa shape index (κ2) is 22.5. The fourth-order valence-electron chi connectivity index (χ4n) is 7.55. The van der Waals surface area contributed by atoms with Crippen molar-refractivity contribution < 1.29 is 56.9 Å². The molecule has 3 saturated heterocycles. The molecule has 0 aliphatic carbocycles. The van der Waals surface area contributed by atoms with Gasteiger partial charge >= 0.3 is 5.97 Å². The lowest BCUT2D eigenvalue weighted by atomic mass is 9.96. The normalized spacial score (nSPS) is 27.4. The monoisotopic (exact) mass is 836 g/mol. The first-order valence-electron chi connectivity index (χ1n) is 20.8. The number of fused-ring (bicyclic) bond motifs is 1. The molecule has 324 valence electrons. The zero-order valence-electron chi connectivity index (χ0n) is 34.7. The molecule has 4 aromatic rings. The Kier molecular flexibility index (Phi) is 16.4. The molecule has 0 bridgehead atoms. The second-order valence-electron chi connectivity index (χ2n) is 15.2. The van der Waals surface area contributed by atoms with E-state index in [0.29, 0.717) is 0 Å². The average Bonchev–Trinajstić information content (AvgIpc) is 3.30. The minimum absolute atomic E-state index is 0.0174. The Labute approximate surface area is 358 Å². The lowest BCUT2D eigenvalue weighted by Crippen LogP contribution is -2.65. The van der Waals surface area contributed by atoms with E-state index in [2.05, 4.69) is 13.2 Å². The van der Waals surface area contributed by atoms with Crippen molar-refractivity contribution in [3.05, 3.63) is 169 Å². The highest BCUT2D eigenvalue weighted by Crippen LogP contribution is 2.39. The largest absolute Gasteiger partial charge is 0.461 e. The van der Waals surface area contributed by atoms with Crippen LogP contribution in [0.4, 0.5) is 0 Å². The van der Waals surface area contributed by atoms with E-state index in [1.165, 1.54) is 0 Å². The summed E-state index contributed by atoms with van der Waals surface area (Å²) in [7, 11) is 0. The topological polar surface area (TPSA) is 119 Å². The second-order valence-corrected chi connectivity index (χ2v) is 15.2. The first-order chi connectivity index (χ1) is 29.9. The Morgan fingerprint density at radius 1 is 0.672 bits per heavy atom. The maximum atomic E-state index is 14.0. The van der Waals surface area contributed by atoms with Gasteiger partial charge in [-0.3, -0.25) is 0 Å². The van der Waals surface area contributed by atoms with Gasteiger partial charge in [-0.05, 0) is 25.0 Å². The fraction of sp³-hybridized carbons (Fsp3) is 0.408. The molecule has 61 heavy (non-hydrogen) atoms. The van der Waals surface area contributed by atoms with Crippen LogP contribution in [0.3, 0.4) is 0 Å². The van der Waals surface area contributed by atoms with Crippen LogP contribution in [0.5, 0.6) is 0 Å². The van der Waals surface area contributed by atoms with Crippen LogP contribution in [0, 0.1) is 0 Å². The van der Waals surface area contributed by atoms with Crippen molar-refractivity contribution in [1.29, 1.82) is 0 Å². The molecule has 11 atom stereocenters. The van der Waals surface area contributed by atoms with Gasteiger partial charge in [-0.1, -0.05) is 133 Å². The molecule has 0 amide bonds. The molecular formula is C49H56O12. The van der Waals surface area contributed by atoms with Gasteiger partial charge in [0.1, 0.15) is 42.7 Å². The van der Waals surface area contributed by atoms with E-state index in [1.807, 2.05) is 121 Å². The minimum atomic E-state index is -1.25. The minimum Gasteiger partial charge on any atom is -0.461 e. The number of rotatable bonds is 20. The van der Waals surface area contributed by atoms with Gasteiger partial charge in [-0.25, -0.2) is 4.79 Å². The predicted octanol–water partition coefficient (Wildman–Crippen LogP) is 7.59. The summed E-state index contributed by atoms with van der Waals surface area (Å²) in [4.78, 5) is 14.0. The summed E-state index contributed by atoms with van der Waals surface area (Å²) in [5.41, 5.74) is 3.47. The van der Waals surface area contributed by atoms with E-state index in [-0.39, 0.29) is 39.6 Å². The molecule has 0 radical (unpaired) electrons. The molecular weight excluding hydrogens is 781 g/mol. The summed E-state index contributed by atoms with van der Waals surface area (Å²) < 4.78 is 71.9. The molecule has 0 spiro atoms. The summed E-state index contributed by atoms with van der Waals surface area (Å²) >= 11 is 0. The number of ether oxygens (including phenoxy) is 11. The quantitative estimate of drug-likeness (QED) is 0.0645. The Balaban J connectivity index is 1.24. The van der Waals surface area contributed by atoms with Crippen molar-refractivity contribution in [2.75, 3.05) is 26.4 Å². The molecule has 0 saturated carbocycles. The highest BCUT2D eigenvalue weighted by atomic mass is 16.8. The molecule has 0 aromatic heterocycles. The average molecular weight is 837 g/mol. The Morgan fingerprint density at radius 2 is 1.25 bits per heavy atom. The van der Waals surface area contributed by atoms with Crippen LogP contribution >= 0.6 is 0 Å². The lowest BCUT2D eigenvalue weighted by molar-refractivity contribution is -0.390. The van der Waals surface area contributed by atoms with Crippen LogP contribution in [0.2, 0.25) is 0 Å². The van der Waals surface area contributed by atoms with Gasteiger partial charge in [0.15, 0.2) is 25.0 Å². The van der Waals surface area contributed by atoms with Crippen molar-refractivity contribution in [3.63, 3.8) is 0 Å². The van der Waals surface area contributed by atoms with Crippen LogP contribution in [-0.2, 0) is 70.1 Å². The van der Waals surface area contributed by atoms with E-state index in [4.69, 9.17) is 52.1 Å². The molecule has 3 heterocycles. The van der Waals surface area contributed by atoms with Gasteiger partial charge in [-0.15, -0.1) is 13.2 Å². The van der Waals surface area contributed by atoms with Gasteiger partial charge in [0, 0.05) is 11.1 Å². The highest BCUT2D eigenvalue weighted by Gasteiger charge is 2.54. The summed E-state index contributed by atoms with van der Waals surface area (Å²) in [5.74, 6) is -0.622. The van der Waals surface area contributed by atoms with Crippen molar-refractivity contribution in [3.8, 4) is 0 Å². The first-order valence-corrected chi connectivity index (χ1v) is 20.8. The van der Waals surface area contributed by atoms with Gasteiger partial charge < -0.3 is 52.1 Å². The van der Waals surface area contributed by atoms with Crippen LogP contribution < -0.4 is 0 Å². The van der Waals surface area contributed by atoms with Crippen molar-refractivity contribution in [2.45, 2.75) is 101 Å². The van der Waals surface area contributed by atoms with E-state index in [9.17, 15) is 4.79 Å². The third-order valence-electron chi connectivity index (χ3n) is 10.4. The molecule has 0 N–H and O–H groups in total. The summed E-state index contributed by atoms with van der Waals surface area (Å²) in [6.45, 7) is 12.1. The molecule has 3 aliphatic heterocycles. The molecule has 7 rings (SSSR count). The maximum absolute atomic E-state index is 14.0. The van der Waals surface area contributed by atoms with Gasteiger partial charge in [0.25, 0.3) is 0 Å². The smallest absolute Gasteiger partial charge is 0.338 e. The Hall–Kier alpha value is -4.57. The molecule has 3 fully saturated rings. The SMILES string of the molecule is C=CCO[C@@H]1[C@H](O[C@@H]2CO[C@@H](c3ccccc3)O[C@H]2[C@H](OCc2ccccc2)[C@H](OCC=C)C(=O)OC(C)C)O[C@@H]2CO[C@@H](c3ccccc3)O[C@H]2[C@@H]1OCc1ccccc1. The third-order valence-corrected chi connectivity index (χ3v) is 10.4. The van der Waals surface area contributed by atoms with Crippen molar-refractivity contribution in [1.82, 2.24) is 0 Å². The van der Waals surface area contributed by atoms with E-state index in [1.54, 1.807) is 26.0 Å². The number of benzene rings is 4. The van der Waals surface area contributed by atoms with E-state index >= 15 is 0 Å². The fourth-order valence-corrected chi connectivity index (χ4v) is 7.55. The number of carbonyl (C=O) groups excluding carboxylic acids is 1. The van der Waals surface area contributed by atoms with Crippen LogP contribution in [0.15, 0.2) is 147 Å². The zero-order chi connectivity index (χ0) is 42.4. The standard InChI is InChI=1S/C49H56O12/c1-5-27-51-44(46(50)57-33(3)4)42(53-29-34-19-11-7-12-20-34)40-38(31-55-47(60-40)36-23-15-9-16-24-36)58-49-45(52-28-6-2)43(54-30-35-21-13-8-14-22-35)41-39(59-49)32-56-48(61-41)37-25-17-10-18-26-37/h5-26,33,38-45,47-49H,1-2,27-32H2,3-4H3/t38-,39-,40-,41-,42+,43+,44+,45+,47-,48-,49-/m1/s1. The van der Waals surface area contributed by atoms with Crippen LogP contribution in [0.25, 0.3) is 0 Å². The zero-order valence-corrected chi connectivity index (χ0v) is 34.7. The predicted molar refractivity (Wildman–Crippen MR) is 225 cm³/mol. The number of esters is 1. The van der Waals surface area contributed by atoms with Gasteiger partial charge in [0.2, 0.25) is 0 Å². The number of carbonyl (C=O) groups is 1. The van der Waals surface area contributed by atoms with Crippen LogP contribution in [-0.4, -0.2) is 93.6 Å².